The Bertz CT molecular complexity index is 1120. The molecule has 3 aliphatic heterocycles. The Hall–Kier alpha value is -3.52. The molecule has 3 heterocycles. The molecule has 0 unspecified atom stereocenters. The topological polar surface area (TPSA) is 70.2 Å². The molecule has 3 amide bonds. The van der Waals surface area contributed by atoms with Crippen LogP contribution >= 0.6 is 0 Å². The van der Waals surface area contributed by atoms with Gasteiger partial charge in [-0.05, 0) is 47.9 Å². The fraction of sp³-hybridized carbons (Fsp3) is 0.320. The molecule has 1 fully saturated rings. The Morgan fingerprint density at radius 1 is 0.970 bits per heavy atom. The predicted molar refractivity (Wildman–Crippen MR) is 120 cm³/mol. The van der Waals surface area contributed by atoms with Crippen LogP contribution in [-0.2, 0) is 11.2 Å². The van der Waals surface area contributed by atoms with Crippen LogP contribution in [-0.4, -0.2) is 73.5 Å². The van der Waals surface area contributed by atoms with Gasteiger partial charge in [-0.15, -0.1) is 0 Å². The number of imide groups is 1. The van der Waals surface area contributed by atoms with E-state index in [2.05, 4.69) is 0 Å². The monoisotopic (exact) mass is 449 g/mol. The number of ether oxygens (including phenoxy) is 1. The molecule has 170 valence electrons. The van der Waals surface area contributed by atoms with Crippen molar-refractivity contribution in [2.24, 2.45) is 0 Å². The summed E-state index contributed by atoms with van der Waals surface area (Å²) in [6, 6.07) is 12.3. The van der Waals surface area contributed by atoms with E-state index in [1.165, 1.54) is 0 Å². The Balaban J connectivity index is 1.27. The van der Waals surface area contributed by atoms with Crippen molar-refractivity contribution in [1.82, 2.24) is 9.80 Å². The molecular weight excluding hydrogens is 425 g/mol. The van der Waals surface area contributed by atoms with E-state index in [-0.39, 0.29) is 19.0 Å². The minimum atomic E-state index is -0.400. The predicted octanol–water partition coefficient (Wildman–Crippen LogP) is 2.67. The van der Waals surface area contributed by atoms with E-state index in [9.17, 15) is 18.8 Å². The first-order valence-electron chi connectivity index (χ1n) is 11.0. The Morgan fingerprint density at radius 2 is 1.67 bits per heavy atom. The van der Waals surface area contributed by atoms with Crippen molar-refractivity contribution < 1.29 is 23.5 Å². The normalized spacial score (nSPS) is 18.1. The van der Waals surface area contributed by atoms with E-state index < -0.39 is 11.8 Å². The van der Waals surface area contributed by atoms with Gasteiger partial charge in [0.15, 0.2) is 0 Å². The van der Waals surface area contributed by atoms with Crippen molar-refractivity contribution in [3.05, 3.63) is 76.6 Å². The van der Waals surface area contributed by atoms with Crippen LogP contribution < -0.4 is 4.90 Å². The molecule has 5 rings (SSSR count). The smallest absolute Gasteiger partial charge is 0.261 e. The number of fused-ring (bicyclic) bond motifs is 2. The van der Waals surface area contributed by atoms with Gasteiger partial charge in [0, 0.05) is 37.4 Å². The van der Waals surface area contributed by atoms with Crippen molar-refractivity contribution >= 4 is 23.4 Å². The van der Waals surface area contributed by atoms with Gasteiger partial charge in [-0.25, -0.2) is 4.39 Å². The summed E-state index contributed by atoms with van der Waals surface area (Å²) in [4.78, 5) is 42.9. The number of rotatable bonds is 5. The number of halogens is 1. The first-order chi connectivity index (χ1) is 16.1. The van der Waals surface area contributed by atoms with Gasteiger partial charge in [-0.2, -0.15) is 0 Å². The number of benzene rings is 2. The van der Waals surface area contributed by atoms with Crippen LogP contribution in [0.4, 0.5) is 10.1 Å². The van der Waals surface area contributed by atoms with E-state index >= 15 is 0 Å². The largest absolute Gasteiger partial charge is 0.378 e. The van der Waals surface area contributed by atoms with E-state index in [0.29, 0.717) is 61.4 Å². The quantitative estimate of drug-likeness (QED) is 0.657. The molecule has 2 aromatic rings. The highest BCUT2D eigenvalue weighted by Gasteiger charge is 2.36. The number of anilines is 1. The van der Waals surface area contributed by atoms with E-state index in [0.717, 1.165) is 22.6 Å². The fourth-order valence-electron chi connectivity index (χ4n) is 4.67. The molecule has 0 aromatic heterocycles. The van der Waals surface area contributed by atoms with Gasteiger partial charge in [0.1, 0.15) is 0 Å². The maximum atomic E-state index is 13.8. The van der Waals surface area contributed by atoms with Gasteiger partial charge in [-0.1, -0.05) is 12.1 Å². The second kappa shape index (κ2) is 8.78. The number of hydrogen-bond donors (Lipinski definition) is 0. The number of morpholine rings is 1. The third-order valence-electron chi connectivity index (χ3n) is 6.40. The molecule has 0 N–H and O–H groups in total. The van der Waals surface area contributed by atoms with Crippen molar-refractivity contribution in [3.8, 4) is 0 Å². The number of amides is 3. The first-order valence-corrected chi connectivity index (χ1v) is 11.0. The van der Waals surface area contributed by atoms with Crippen LogP contribution in [0.3, 0.4) is 0 Å². The molecule has 7 nitrogen and oxygen atoms in total. The lowest BCUT2D eigenvalue weighted by Crippen LogP contribution is -2.40. The molecule has 0 atom stereocenters. The summed E-state index contributed by atoms with van der Waals surface area (Å²) >= 11 is 0. The average molecular weight is 449 g/mol. The zero-order valence-corrected chi connectivity index (χ0v) is 18.1. The second-order valence-electron chi connectivity index (χ2n) is 8.43. The minimum absolute atomic E-state index is 0.00508. The molecular formula is C25H24FN3O4. The summed E-state index contributed by atoms with van der Waals surface area (Å²) in [7, 11) is 0. The molecule has 33 heavy (non-hydrogen) atoms. The maximum Gasteiger partial charge on any atom is 0.261 e. The summed E-state index contributed by atoms with van der Waals surface area (Å²) in [5.74, 6) is -0.805. The van der Waals surface area contributed by atoms with Crippen LogP contribution in [0.5, 0.6) is 0 Å². The van der Waals surface area contributed by atoms with Crippen molar-refractivity contribution in [3.63, 3.8) is 0 Å². The highest BCUT2D eigenvalue weighted by molar-refractivity contribution is 6.21. The fourth-order valence-corrected chi connectivity index (χ4v) is 4.67. The number of nitrogens with zero attached hydrogens (tertiary/aromatic N) is 3. The lowest BCUT2D eigenvalue weighted by Gasteiger charge is -2.27. The third-order valence-corrected chi connectivity index (χ3v) is 6.40. The summed E-state index contributed by atoms with van der Waals surface area (Å²) in [6.45, 7) is 3.11. The third kappa shape index (κ3) is 3.91. The zero-order valence-electron chi connectivity index (χ0n) is 18.1. The molecule has 2 aromatic carbocycles. The highest BCUT2D eigenvalue weighted by atomic mass is 19.1. The minimum Gasteiger partial charge on any atom is -0.378 e. The molecule has 0 radical (unpaired) electrons. The summed E-state index contributed by atoms with van der Waals surface area (Å²) in [6.07, 6.45) is 1.23. The van der Waals surface area contributed by atoms with Crippen LogP contribution in [0.15, 0.2) is 54.4 Å². The SMILES string of the molecule is O=C(c1ccc2c(c1)CCN2C/C(=C/F)CN1C(=O)c2ccccc2C1=O)N1CCOCC1. The van der Waals surface area contributed by atoms with Gasteiger partial charge in [0.25, 0.3) is 17.7 Å². The van der Waals surface area contributed by atoms with Crippen molar-refractivity contribution in [2.45, 2.75) is 6.42 Å². The Kier molecular flexibility index (Phi) is 5.68. The summed E-state index contributed by atoms with van der Waals surface area (Å²) in [5, 5.41) is 0. The van der Waals surface area contributed by atoms with E-state index in [4.69, 9.17) is 4.74 Å². The van der Waals surface area contributed by atoms with Gasteiger partial charge < -0.3 is 14.5 Å². The van der Waals surface area contributed by atoms with Gasteiger partial charge >= 0.3 is 0 Å². The number of carbonyl (C=O) groups is 3. The standard InChI is InChI=1S/C25H24FN3O4/c26-14-17(16-29-24(31)20-3-1-2-4-21(20)25(29)32)15-28-8-7-18-13-19(5-6-22(18)28)23(30)27-9-11-33-12-10-27/h1-6,13-14H,7-12,15-16H2/b17-14-. The van der Waals surface area contributed by atoms with Crippen LogP contribution in [0.1, 0.15) is 36.6 Å². The van der Waals surface area contributed by atoms with Crippen LogP contribution in [0, 0.1) is 0 Å². The first kappa shape index (κ1) is 21.3. The van der Waals surface area contributed by atoms with E-state index in [1.807, 2.05) is 17.0 Å². The van der Waals surface area contributed by atoms with E-state index in [1.54, 1.807) is 35.2 Å². The maximum absolute atomic E-state index is 13.8. The molecule has 3 aliphatic rings. The highest BCUT2D eigenvalue weighted by Crippen LogP contribution is 2.31. The van der Waals surface area contributed by atoms with Crippen LogP contribution in [0.25, 0.3) is 0 Å². The summed E-state index contributed by atoms with van der Waals surface area (Å²) in [5.41, 5.74) is 3.66. The second-order valence-corrected chi connectivity index (χ2v) is 8.43. The zero-order chi connectivity index (χ0) is 22.9. The Morgan fingerprint density at radius 3 is 2.33 bits per heavy atom. The molecule has 0 spiro atoms. The lowest BCUT2D eigenvalue weighted by molar-refractivity contribution is 0.0303. The lowest BCUT2D eigenvalue weighted by atomic mass is 10.1. The van der Waals surface area contributed by atoms with Crippen LogP contribution in [0.2, 0.25) is 0 Å². The van der Waals surface area contributed by atoms with Gasteiger partial charge in [0.05, 0.1) is 37.2 Å². The van der Waals surface area contributed by atoms with Gasteiger partial charge in [-0.3, -0.25) is 19.3 Å². The van der Waals surface area contributed by atoms with Gasteiger partial charge in [0.2, 0.25) is 0 Å². The summed E-state index contributed by atoms with van der Waals surface area (Å²) < 4.78 is 19.1. The number of carbonyl (C=O) groups excluding carboxylic acids is 3. The average Bonchev–Trinajstić information content (AvgIpc) is 3.37. The Labute approximate surface area is 191 Å². The molecule has 0 bridgehead atoms. The molecule has 0 saturated carbocycles. The van der Waals surface area contributed by atoms with Crippen molar-refractivity contribution in [2.75, 3.05) is 50.8 Å². The molecule has 1 saturated heterocycles. The van der Waals surface area contributed by atoms with Crippen molar-refractivity contribution in [1.29, 1.82) is 0 Å². The molecule has 0 aliphatic carbocycles. The number of hydrogen-bond acceptors (Lipinski definition) is 5. The molecule has 8 heteroatoms.